The number of fused-ring (bicyclic) bond motifs is 1. The highest BCUT2D eigenvalue weighted by atomic mass is 19.3. The van der Waals surface area contributed by atoms with Gasteiger partial charge in [-0.2, -0.15) is 0 Å². The van der Waals surface area contributed by atoms with Gasteiger partial charge < -0.3 is 5.32 Å². The van der Waals surface area contributed by atoms with E-state index in [1.54, 1.807) is 30.3 Å². The average Bonchev–Trinajstić information content (AvgIpc) is 3.37. The van der Waals surface area contributed by atoms with Crippen molar-refractivity contribution in [2.45, 2.75) is 19.4 Å². The van der Waals surface area contributed by atoms with Crippen LogP contribution in [0.5, 0.6) is 5.75 Å². The van der Waals surface area contributed by atoms with Crippen molar-refractivity contribution < 1.29 is 14.3 Å². The number of nitrogens with zero attached hydrogens (tertiary/aromatic N) is 4. The van der Waals surface area contributed by atoms with E-state index in [9.17, 15) is 9.32 Å². The number of pyridine rings is 1. The molecule has 2 aromatic carbocycles. The van der Waals surface area contributed by atoms with Crippen molar-refractivity contribution in [3.63, 3.8) is 0 Å². The summed E-state index contributed by atoms with van der Waals surface area (Å²) in [6, 6.07) is 17.7. The third-order valence-electron chi connectivity index (χ3n) is 5.75. The van der Waals surface area contributed by atoms with Gasteiger partial charge >= 0.3 is 0 Å². The summed E-state index contributed by atoms with van der Waals surface area (Å²) in [5.41, 5.74) is 4.01. The topological polar surface area (TPSA) is 80.2 Å². The molecule has 0 aliphatic carbocycles. The molecule has 166 valence electrons. The van der Waals surface area contributed by atoms with Gasteiger partial charge in [-0.15, -0.1) is 0 Å². The Morgan fingerprint density at radius 1 is 1.03 bits per heavy atom. The number of hydrogen-bond acceptors (Lipinski definition) is 6. The van der Waals surface area contributed by atoms with Gasteiger partial charge in [0.2, 0.25) is 0 Å². The first-order valence-electron chi connectivity index (χ1n) is 10.8. The number of benzene rings is 2. The first-order valence-corrected chi connectivity index (χ1v) is 10.8. The summed E-state index contributed by atoms with van der Waals surface area (Å²) >= 11 is 0. The first kappa shape index (κ1) is 21.0. The molecule has 0 spiro atoms. The van der Waals surface area contributed by atoms with Gasteiger partial charge in [-0.3, -0.25) is 14.6 Å². The molecular formula is C25H22FN5O2. The lowest BCUT2D eigenvalue weighted by Crippen LogP contribution is -2.18. The van der Waals surface area contributed by atoms with Crippen LogP contribution < -0.4 is 10.3 Å². The highest BCUT2D eigenvalue weighted by Crippen LogP contribution is 2.26. The van der Waals surface area contributed by atoms with E-state index in [1.165, 1.54) is 30.8 Å². The quantitative estimate of drug-likeness (QED) is 0.461. The van der Waals surface area contributed by atoms with Crippen LogP contribution in [0.2, 0.25) is 0 Å². The highest BCUT2D eigenvalue weighted by Gasteiger charge is 2.14. The number of halogens is 1. The molecule has 1 aliphatic rings. The SMILES string of the molecule is O=C(Nc1ncnc2ccc(-c3cccc(OF)c3)nc12)c1ccc(CN2CCCC2)cc1. The first-order chi connectivity index (χ1) is 16.2. The highest BCUT2D eigenvalue weighted by molar-refractivity contribution is 6.07. The number of nitrogens with one attached hydrogen (secondary N) is 1. The van der Waals surface area contributed by atoms with Crippen LogP contribution >= 0.6 is 0 Å². The molecular weight excluding hydrogens is 421 g/mol. The van der Waals surface area contributed by atoms with E-state index in [-0.39, 0.29) is 11.7 Å². The van der Waals surface area contributed by atoms with Crippen LogP contribution in [-0.4, -0.2) is 38.8 Å². The van der Waals surface area contributed by atoms with Gasteiger partial charge in [0.1, 0.15) is 11.8 Å². The standard InChI is InChI=1S/C25H22FN5O2/c26-33-20-5-3-4-19(14-20)21-10-11-22-23(29-21)24(28-16-27-22)30-25(32)18-8-6-17(7-9-18)15-31-12-1-2-13-31/h3-11,14,16H,1-2,12-13,15H2,(H,27,28,30,32). The molecule has 7 nitrogen and oxygen atoms in total. The van der Waals surface area contributed by atoms with Crippen LogP contribution in [-0.2, 0) is 6.54 Å². The summed E-state index contributed by atoms with van der Waals surface area (Å²) in [5.74, 6) is 0.119. The summed E-state index contributed by atoms with van der Waals surface area (Å²) in [4.78, 5) is 32.2. The molecule has 2 aromatic heterocycles. The van der Waals surface area contributed by atoms with Crippen molar-refractivity contribution in [3.05, 3.63) is 78.1 Å². The van der Waals surface area contributed by atoms with Crippen molar-refractivity contribution in [2.24, 2.45) is 0 Å². The Morgan fingerprint density at radius 3 is 2.64 bits per heavy atom. The van der Waals surface area contributed by atoms with Gasteiger partial charge in [0, 0.05) is 22.2 Å². The van der Waals surface area contributed by atoms with E-state index in [4.69, 9.17) is 0 Å². The molecule has 0 atom stereocenters. The molecule has 1 fully saturated rings. The van der Waals surface area contributed by atoms with Crippen LogP contribution in [0.25, 0.3) is 22.3 Å². The maximum absolute atomic E-state index is 12.9. The van der Waals surface area contributed by atoms with E-state index < -0.39 is 0 Å². The molecule has 0 saturated carbocycles. The molecule has 1 amide bonds. The zero-order chi connectivity index (χ0) is 22.6. The summed E-state index contributed by atoms with van der Waals surface area (Å²) in [6.45, 7) is 3.16. The molecule has 33 heavy (non-hydrogen) atoms. The van der Waals surface area contributed by atoms with Gasteiger partial charge in [-0.05, 0) is 67.9 Å². The second-order valence-corrected chi connectivity index (χ2v) is 8.03. The molecule has 8 heteroatoms. The predicted octanol–water partition coefficient (Wildman–Crippen LogP) is 4.80. The number of rotatable bonds is 6. The Morgan fingerprint density at radius 2 is 1.85 bits per heavy atom. The second kappa shape index (κ2) is 9.30. The minimum atomic E-state index is -0.275. The van der Waals surface area contributed by atoms with Crippen molar-refractivity contribution in [3.8, 4) is 17.0 Å². The minimum absolute atomic E-state index is 0.0837. The summed E-state index contributed by atoms with van der Waals surface area (Å²) < 4.78 is 12.6. The van der Waals surface area contributed by atoms with Crippen molar-refractivity contribution in [2.75, 3.05) is 18.4 Å². The Labute approximate surface area is 190 Å². The summed E-state index contributed by atoms with van der Waals surface area (Å²) in [7, 11) is 0. The minimum Gasteiger partial charge on any atom is -0.305 e. The normalized spacial score (nSPS) is 13.8. The maximum Gasteiger partial charge on any atom is 0.256 e. The van der Waals surface area contributed by atoms with Crippen LogP contribution in [0.4, 0.5) is 10.3 Å². The Balaban J connectivity index is 1.38. The number of hydrogen-bond donors (Lipinski definition) is 1. The lowest BCUT2D eigenvalue weighted by molar-refractivity contribution is -0.00614. The molecule has 4 aromatic rings. The van der Waals surface area contributed by atoms with Crippen molar-refractivity contribution in [1.82, 2.24) is 19.9 Å². The zero-order valence-electron chi connectivity index (χ0n) is 17.9. The van der Waals surface area contributed by atoms with Gasteiger partial charge in [0.15, 0.2) is 11.6 Å². The fourth-order valence-electron chi connectivity index (χ4n) is 4.04. The fraction of sp³-hybridized carbons (Fsp3) is 0.200. The number of likely N-dealkylation sites (tertiary alicyclic amines) is 1. The third kappa shape index (κ3) is 4.65. The molecule has 1 aliphatic heterocycles. The Hall–Kier alpha value is -3.91. The van der Waals surface area contributed by atoms with E-state index in [1.807, 2.05) is 24.3 Å². The van der Waals surface area contributed by atoms with E-state index in [0.29, 0.717) is 33.7 Å². The molecule has 0 radical (unpaired) electrons. The summed E-state index contributed by atoms with van der Waals surface area (Å²) in [5, 5.41) is 2.85. The van der Waals surface area contributed by atoms with Gasteiger partial charge in [0.25, 0.3) is 5.91 Å². The Kier molecular flexibility index (Phi) is 5.91. The Bertz CT molecular complexity index is 1290. The summed E-state index contributed by atoms with van der Waals surface area (Å²) in [6.07, 6.45) is 3.88. The average molecular weight is 443 g/mol. The lowest BCUT2D eigenvalue weighted by atomic mass is 10.1. The largest absolute Gasteiger partial charge is 0.305 e. The molecule has 1 saturated heterocycles. The van der Waals surface area contributed by atoms with Crippen LogP contribution in [0.15, 0.2) is 67.0 Å². The number of carbonyl (C=O) groups is 1. The fourth-order valence-corrected chi connectivity index (χ4v) is 4.04. The predicted molar refractivity (Wildman–Crippen MR) is 123 cm³/mol. The number of carbonyl (C=O) groups excluding carboxylic acids is 1. The third-order valence-corrected chi connectivity index (χ3v) is 5.75. The lowest BCUT2D eigenvalue weighted by Gasteiger charge is -2.14. The van der Waals surface area contributed by atoms with E-state index in [2.05, 4.69) is 30.1 Å². The number of aromatic nitrogens is 3. The van der Waals surface area contributed by atoms with Crippen LogP contribution in [0, 0.1) is 0 Å². The van der Waals surface area contributed by atoms with E-state index in [0.717, 1.165) is 19.6 Å². The van der Waals surface area contributed by atoms with Gasteiger partial charge in [-0.25, -0.2) is 15.0 Å². The second-order valence-electron chi connectivity index (χ2n) is 8.03. The van der Waals surface area contributed by atoms with E-state index >= 15 is 0 Å². The van der Waals surface area contributed by atoms with Crippen LogP contribution in [0.1, 0.15) is 28.8 Å². The smallest absolute Gasteiger partial charge is 0.256 e. The molecule has 0 bridgehead atoms. The number of anilines is 1. The molecule has 1 N–H and O–H groups in total. The molecule has 0 unspecified atom stereocenters. The molecule has 5 rings (SSSR count). The van der Waals surface area contributed by atoms with Gasteiger partial charge in [-0.1, -0.05) is 24.3 Å². The van der Waals surface area contributed by atoms with Crippen LogP contribution in [0.3, 0.4) is 0 Å². The maximum atomic E-state index is 12.9. The van der Waals surface area contributed by atoms with Crippen molar-refractivity contribution in [1.29, 1.82) is 0 Å². The van der Waals surface area contributed by atoms with Gasteiger partial charge in [0.05, 0.1) is 11.2 Å². The zero-order valence-corrected chi connectivity index (χ0v) is 17.9. The molecule has 3 heterocycles. The van der Waals surface area contributed by atoms with Crippen molar-refractivity contribution >= 4 is 22.8 Å². The number of amides is 1. The monoisotopic (exact) mass is 443 g/mol.